The first kappa shape index (κ1) is 11.3. The van der Waals surface area contributed by atoms with E-state index < -0.39 is 0 Å². The van der Waals surface area contributed by atoms with E-state index in [1.807, 2.05) is 12.1 Å². The Hall–Kier alpha value is -0.790. The van der Waals surface area contributed by atoms with Crippen molar-refractivity contribution in [2.24, 2.45) is 0 Å². The number of halogens is 1. The van der Waals surface area contributed by atoms with Gasteiger partial charge in [-0.05, 0) is 43.9 Å². The monoisotopic (exact) mass is 247 g/mol. The fourth-order valence-electron chi connectivity index (χ4n) is 3.18. The maximum atomic E-state index is 5.92. The standard InChI is InChI=1S/C15H18ClN/c1-11-8-14-6-7-15(9-11)17(14)10-12-2-4-13(16)5-3-12/h2-5,8,14-15H,6-7,9-10H2,1H3. The normalized spacial score (nSPS) is 28.2. The smallest absolute Gasteiger partial charge is 0.0406 e. The van der Waals surface area contributed by atoms with E-state index in [1.54, 1.807) is 5.57 Å². The number of benzene rings is 1. The van der Waals surface area contributed by atoms with Gasteiger partial charge in [-0.1, -0.05) is 35.4 Å². The summed E-state index contributed by atoms with van der Waals surface area (Å²) < 4.78 is 0. The SMILES string of the molecule is CC1=CC2CCC(C1)N2Cc1ccc(Cl)cc1. The van der Waals surface area contributed by atoms with Crippen molar-refractivity contribution in [2.45, 2.75) is 44.8 Å². The van der Waals surface area contributed by atoms with Crippen molar-refractivity contribution in [3.05, 3.63) is 46.5 Å². The molecule has 0 amide bonds. The van der Waals surface area contributed by atoms with Crippen LogP contribution in [-0.2, 0) is 6.54 Å². The quantitative estimate of drug-likeness (QED) is 0.714. The van der Waals surface area contributed by atoms with Gasteiger partial charge in [-0.2, -0.15) is 0 Å². The van der Waals surface area contributed by atoms with E-state index in [1.165, 1.54) is 24.8 Å². The summed E-state index contributed by atoms with van der Waals surface area (Å²) in [5, 5.41) is 0.825. The molecule has 2 heterocycles. The molecule has 0 spiro atoms. The van der Waals surface area contributed by atoms with Crippen molar-refractivity contribution in [3.8, 4) is 0 Å². The van der Waals surface area contributed by atoms with Gasteiger partial charge in [0.05, 0.1) is 0 Å². The Morgan fingerprint density at radius 1 is 1.24 bits per heavy atom. The van der Waals surface area contributed by atoms with Gasteiger partial charge in [0.2, 0.25) is 0 Å². The van der Waals surface area contributed by atoms with E-state index >= 15 is 0 Å². The minimum absolute atomic E-state index is 0.671. The van der Waals surface area contributed by atoms with Gasteiger partial charge in [0.25, 0.3) is 0 Å². The summed E-state index contributed by atoms with van der Waals surface area (Å²) in [6.45, 7) is 3.33. The first-order chi connectivity index (χ1) is 8.22. The van der Waals surface area contributed by atoms with Crippen LogP contribution < -0.4 is 0 Å². The first-order valence-corrected chi connectivity index (χ1v) is 6.77. The first-order valence-electron chi connectivity index (χ1n) is 6.40. The van der Waals surface area contributed by atoms with E-state index in [2.05, 4.69) is 30.0 Å². The van der Waals surface area contributed by atoms with Crippen LogP contribution in [-0.4, -0.2) is 17.0 Å². The number of rotatable bonds is 2. The largest absolute Gasteiger partial charge is 0.289 e. The van der Waals surface area contributed by atoms with Crippen molar-refractivity contribution < 1.29 is 0 Å². The van der Waals surface area contributed by atoms with Gasteiger partial charge >= 0.3 is 0 Å². The Morgan fingerprint density at radius 3 is 2.71 bits per heavy atom. The zero-order valence-electron chi connectivity index (χ0n) is 10.2. The van der Waals surface area contributed by atoms with Gasteiger partial charge in [-0.15, -0.1) is 0 Å². The van der Waals surface area contributed by atoms with E-state index in [9.17, 15) is 0 Å². The molecular formula is C15H18ClN. The van der Waals surface area contributed by atoms with Crippen LogP contribution in [0, 0.1) is 0 Å². The van der Waals surface area contributed by atoms with Crippen molar-refractivity contribution in [3.63, 3.8) is 0 Å². The molecule has 1 saturated heterocycles. The average Bonchev–Trinajstić information content (AvgIpc) is 2.56. The highest BCUT2D eigenvalue weighted by molar-refractivity contribution is 6.30. The average molecular weight is 248 g/mol. The lowest BCUT2D eigenvalue weighted by molar-refractivity contribution is 0.196. The zero-order valence-corrected chi connectivity index (χ0v) is 11.0. The molecule has 3 rings (SSSR count). The van der Waals surface area contributed by atoms with Gasteiger partial charge in [-0.3, -0.25) is 4.90 Å². The number of fused-ring (bicyclic) bond motifs is 2. The third-order valence-corrected chi connectivity index (χ3v) is 4.26. The van der Waals surface area contributed by atoms with Crippen LogP contribution in [0.15, 0.2) is 35.9 Å². The molecule has 2 unspecified atom stereocenters. The Labute approximate surface area is 108 Å². The van der Waals surface area contributed by atoms with Crippen LogP contribution >= 0.6 is 11.6 Å². The molecule has 1 fully saturated rings. The molecule has 1 aromatic rings. The van der Waals surface area contributed by atoms with E-state index in [0.717, 1.165) is 17.6 Å². The van der Waals surface area contributed by atoms with Crippen LogP contribution in [0.3, 0.4) is 0 Å². The van der Waals surface area contributed by atoms with Crippen LogP contribution in [0.1, 0.15) is 31.7 Å². The lowest BCUT2D eigenvalue weighted by Crippen LogP contribution is -2.37. The highest BCUT2D eigenvalue weighted by atomic mass is 35.5. The predicted octanol–water partition coefficient (Wildman–Crippen LogP) is 4.02. The fraction of sp³-hybridized carbons (Fsp3) is 0.467. The molecule has 0 aliphatic carbocycles. The molecule has 0 N–H and O–H groups in total. The molecule has 2 aliphatic heterocycles. The highest BCUT2D eigenvalue weighted by Crippen LogP contribution is 2.35. The maximum Gasteiger partial charge on any atom is 0.0406 e. The molecule has 1 aromatic carbocycles. The minimum atomic E-state index is 0.671. The van der Waals surface area contributed by atoms with Crippen LogP contribution in [0.4, 0.5) is 0 Å². The molecule has 2 aliphatic rings. The Bertz CT molecular complexity index is 435. The number of nitrogens with zero attached hydrogens (tertiary/aromatic N) is 1. The Balaban J connectivity index is 1.76. The molecule has 90 valence electrons. The second-order valence-corrected chi connectivity index (χ2v) is 5.75. The second-order valence-electron chi connectivity index (χ2n) is 5.31. The summed E-state index contributed by atoms with van der Waals surface area (Å²) in [5.41, 5.74) is 2.95. The lowest BCUT2D eigenvalue weighted by atomic mass is 10.0. The Kier molecular flexibility index (Phi) is 2.97. The van der Waals surface area contributed by atoms with E-state index in [0.29, 0.717) is 6.04 Å². The molecule has 0 saturated carbocycles. The van der Waals surface area contributed by atoms with Crippen molar-refractivity contribution in [1.29, 1.82) is 0 Å². The van der Waals surface area contributed by atoms with Gasteiger partial charge < -0.3 is 0 Å². The summed E-state index contributed by atoms with van der Waals surface area (Å²) in [4.78, 5) is 2.65. The minimum Gasteiger partial charge on any atom is -0.289 e. The molecule has 17 heavy (non-hydrogen) atoms. The molecular weight excluding hydrogens is 230 g/mol. The zero-order chi connectivity index (χ0) is 11.8. The summed E-state index contributed by atoms with van der Waals surface area (Å²) >= 11 is 5.92. The number of hydrogen-bond donors (Lipinski definition) is 0. The second kappa shape index (κ2) is 4.47. The molecule has 1 nitrogen and oxygen atoms in total. The van der Waals surface area contributed by atoms with Crippen molar-refractivity contribution in [1.82, 2.24) is 4.90 Å². The van der Waals surface area contributed by atoms with E-state index in [4.69, 9.17) is 11.6 Å². The van der Waals surface area contributed by atoms with Crippen LogP contribution in [0.5, 0.6) is 0 Å². The molecule has 0 aromatic heterocycles. The third-order valence-electron chi connectivity index (χ3n) is 4.00. The fourth-order valence-corrected chi connectivity index (χ4v) is 3.31. The van der Waals surface area contributed by atoms with Crippen LogP contribution in [0.2, 0.25) is 5.02 Å². The molecule has 0 radical (unpaired) electrons. The maximum absolute atomic E-state index is 5.92. The lowest BCUT2D eigenvalue weighted by Gasteiger charge is -2.33. The third kappa shape index (κ3) is 2.27. The summed E-state index contributed by atoms with van der Waals surface area (Å²) in [7, 11) is 0. The Morgan fingerprint density at radius 2 is 2.00 bits per heavy atom. The predicted molar refractivity (Wildman–Crippen MR) is 72.2 cm³/mol. The van der Waals surface area contributed by atoms with Gasteiger partial charge in [0.15, 0.2) is 0 Å². The topological polar surface area (TPSA) is 3.24 Å². The number of hydrogen-bond acceptors (Lipinski definition) is 1. The van der Waals surface area contributed by atoms with Crippen molar-refractivity contribution >= 4 is 11.6 Å². The summed E-state index contributed by atoms with van der Waals surface area (Å²) in [5.74, 6) is 0. The van der Waals surface area contributed by atoms with Crippen LogP contribution in [0.25, 0.3) is 0 Å². The van der Waals surface area contributed by atoms with Gasteiger partial charge in [-0.25, -0.2) is 0 Å². The molecule has 2 bridgehead atoms. The van der Waals surface area contributed by atoms with Gasteiger partial charge in [0.1, 0.15) is 0 Å². The highest BCUT2D eigenvalue weighted by Gasteiger charge is 2.35. The summed E-state index contributed by atoms with van der Waals surface area (Å²) in [6, 6.07) is 9.71. The van der Waals surface area contributed by atoms with E-state index in [-0.39, 0.29) is 0 Å². The van der Waals surface area contributed by atoms with Crippen molar-refractivity contribution in [2.75, 3.05) is 0 Å². The van der Waals surface area contributed by atoms with Gasteiger partial charge in [0, 0.05) is 23.7 Å². The molecule has 2 heteroatoms. The summed E-state index contributed by atoms with van der Waals surface area (Å²) in [6.07, 6.45) is 6.39. The molecule has 2 atom stereocenters.